The first kappa shape index (κ1) is 8.31. The van der Waals surface area contributed by atoms with Crippen molar-refractivity contribution in [3.8, 4) is 0 Å². The number of nitrogens with one attached hydrogen (secondary N) is 1. The van der Waals surface area contributed by atoms with Gasteiger partial charge < -0.3 is 5.32 Å². The number of hydrogen-bond donors (Lipinski definition) is 1. The van der Waals surface area contributed by atoms with Gasteiger partial charge in [0.2, 0.25) is 0 Å². The van der Waals surface area contributed by atoms with Crippen LogP contribution in [0.15, 0.2) is 12.2 Å². The minimum atomic E-state index is 0.916. The lowest BCUT2D eigenvalue weighted by Crippen LogP contribution is -2.25. The maximum absolute atomic E-state index is 3.53. The lowest BCUT2D eigenvalue weighted by Gasteiger charge is -2.18. The third-order valence-corrected chi connectivity index (χ3v) is 3.25. The van der Waals surface area contributed by atoms with Gasteiger partial charge in [0.1, 0.15) is 0 Å². The number of hydrogen-bond acceptors (Lipinski definition) is 1. The summed E-state index contributed by atoms with van der Waals surface area (Å²) >= 11 is 0. The number of rotatable bonds is 4. The Morgan fingerprint density at radius 3 is 2.83 bits per heavy atom. The van der Waals surface area contributed by atoms with E-state index in [1.54, 1.807) is 0 Å². The van der Waals surface area contributed by atoms with Crippen LogP contribution in [0.1, 0.15) is 26.2 Å². The highest BCUT2D eigenvalue weighted by atomic mass is 14.9. The smallest absolute Gasteiger partial charge is 0.00147 e. The van der Waals surface area contributed by atoms with Gasteiger partial charge in [-0.15, -0.1) is 0 Å². The predicted octanol–water partition coefficient (Wildman–Crippen LogP) is 2.20. The molecular weight excluding hydrogens is 146 g/mol. The molecule has 2 bridgehead atoms. The Labute approximate surface area is 75.2 Å². The van der Waals surface area contributed by atoms with Crippen LogP contribution < -0.4 is 5.32 Å². The van der Waals surface area contributed by atoms with Crippen molar-refractivity contribution in [2.24, 2.45) is 17.8 Å². The van der Waals surface area contributed by atoms with Gasteiger partial charge in [0, 0.05) is 0 Å². The minimum absolute atomic E-state index is 0.916. The van der Waals surface area contributed by atoms with Crippen molar-refractivity contribution >= 4 is 0 Å². The van der Waals surface area contributed by atoms with Gasteiger partial charge in [0.25, 0.3) is 0 Å². The highest BCUT2D eigenvalue weighted by Crippen LogP contribution is 2.42. The molecule has 68 valence electrons. The van der Waals surface area contributed by atoms with Crippen molar-refractivity contribution in [1.82, 2.24) is 5.32 Å². The molecule has 0 heterocycles. The van der Waals surface area contributed by atoms with E-state index in [1.165, 1.54) is 32.4 Å². The predicted molar refractivity (Wildman–Crippen MR) is 52.0 cm³/mol. The Morgan fingerprint density at radius 2 is 2.25 bits per heavy atom. The molecule has 0 aromatic carbocycles. The van der Waals surface area contributed by atoms with Gasteiger partial charge >= 0.3 is 0 Å². The second-order valence-corrected chi connectivity index (χ2v) is 4.24. The first-order chi connectivity index (χ1) is 5.90. The van der Waals surface area contributed by atoms with Crippen LogP contribution in [0.3, 0.4) is 0 Å². The molecule has 2 rings (SSSR count). The Bertz CT molecular complexity index is 174. The summed E-state index contributed by atoms with van der Waals surface area (Å²) in [5.74, 6) is 2.80. The molecule has 0 radical (unpaired) electrons. The maximum atomic E-state index is 3.53. The SMILES string of the molecule is CCCNCC1CC2C=CC1C2. The zero-order valence-electron chi connectivity index (χ0n) is 7.92. The van der Waals surface area contributed by atoms with Crippen LogP contribution in [0.2, 0.25) is 0 Å². The van der Waals surface area contributed by atoms with E-state index < -0.39 is 0 Å². The minimum Gasteiger partial charge on any atom is -0.316 e. The summed E-state index contributed by atoms with van der Waals surface area (Å²) < 4.78 is 0. The summed E-state index contributed by atoms with van der Waals surface area (Å²) in [6, 6.07) is 0. The largest absolute Gasteiger partial charge is 0.316 e. The zero-order valence-corrected chi connectivity index (χ0v) is 7.92. The van der Waals surface area contributed by atoms with E-state index in [9.17, 15) is 0 Å². The standard InChI is InChI=1S/C11H19N/c1-2-5-12-8-11-7-9-3-4-10(11)6-9/h3-4,9-12H,2,5-8H2,1H3. The maximum Gasteiger partial charge on any atom is -0.00147 e. The number of allylic oxidation sites excluding steroid dienone is 2. The fourth-order valence-electron chi connectivity index (χ4n) is 2.59. The van der Waals surface area contributed by atoms with Gasteiger partial charge in [-0.2, -0.15) is 0 Å². The van der Waals surface area contributed by atoms with Crippen molar-refractivity contribution in [3.05, 3.63) is 12.2 Å². The fraction of sp³-hybridized carbons (Fsp3) is 0.818. The van der Waals surface area contributed by atoms with E-state index in [0.29, 0.717) is 0 Å². The molecule has 2 aliphatic carbocycles. The van der Waals surface area contributed by atoms with Crippen LogP contribution in [0.25, 0.3) is 0 Å². The van der Waals surface area contributed by atoms with Gasteiger partial charge in [0.15, 0.2) is 0 Å². The van der Waals surface area contributed by atoms with Gasteiger partial charge in [-0.1, -0.05) is 19.1 Å². The lowest BCUT2D eigenvalue weighted by molar-refractivity contribution is 0.415. The average Bonchev–Trinajstić information content (AvgIpc) is 2.65. The summed E-state index contributed by atoms with van der Waals surface area (Å²) in [7, 11) is 0. The third-order valence-electron chi connectivity index (χ3n) is 3.25. The second kappa shape index (κ2) is 3.61. The summed E-state index contributed by atoms with van der Waals surface area (Å²) in [5, 5.41) is 3.53. The molecule has 2 aliphatic rings. The van der Waals surface area contributed by atoms with Crippen molar-refractivity contribution in [2.75, 3.05) is 13.1 Å². The topological polar surface area (TPSA) is 12.0 Å². The van der Waals surface area contributed by atoms with Crippen LogP contribution in [0, 0.1) is 17.8 Å². The molecule has 0 aromatic heterocycles. The Hall–Kier alpha value is -0.300. The van der Waals surface area contributed by atoms with Gasteiger partial charge in [-0.05, 0) is 50.1 Å². The number of fused-ring (bicyclic) bond motifs is 2. The monoisotopic (exact) mass is 165 g/mol. The molecule has 0 aromatic rings. The third kappa shape index (κ3) is 1.56. The Morgan fingerprint density at radius 1 is 1.33 bits per heavy atom. The first-order valence-corrected chi connectivity index (χ1v) is 5.29. The van der Waals surface area contributed by atoms with E-state index in [2.05, 4.69) is 24.4 Å². The molecule has 3 atom stereocenters. The normalized spacial score (nSPS) is 37.9. The van der Waals surface area contributed by atoms with E-state index >= 15 is 0 Å². The molecule has 0 spiro atoms. The molecule has 1 fully saturated rings. The Kier molecular flexibility index (Phi) is 2.50. The summed E-state index contributed by atoms with van der Waals surface area (Å²) in [6.07, 6.45) is 9.00. The van der Waals surface area contributed by atoms with E-state index in [4.69, 9.17) is 0 Å². The second-order valence-electron chi connectivity index (χ2n) is 4.24. The molecule has 1 heteroatoms. The average molecular weight is 165 g/mol. The van der Waals surface area contributed by atoms with E-state index in [0.717, 1.165) is 17.8 Å². The van der Waals surface area contributed by atoms with Crippen LogP contribution in [0.4, 0.5) is 0 Å². The lowest BCUT2D eigenvalue weighted by atomic mass is 9.94. The molecule has 1 saturated carbocycles. The van der Waals surface area contributed by atoms with Gasteiger partial charge in [-0.3, -0.25) is 0 Å². The highest BCUT2D eigenvalue weighted by Gasteiger charge is 2.34. The van der Waals surface area contributed by atoms with Crippen molar-refractivity contribution in [2.45, 2.75) is 26.2 Å². The fourth-order valence-corrected chi connectivity index (χ4v) is 2.59. The first-order valence-electron chi connectivity index (χ1n) is 5.29. The molecule has 0 saturated heterocycles. The van der Waals surface area contributed by atoms with Crippen LogP contribution in [0.5, 0.6) is 0 Å². The summed E-state index contributed by atoms with van der Waals surface area (Å²) in [4.78, 5) is 0. The highest BCUT2D eigenvalue weighted by molar-refractivity contribution is 5.10. The Balaban J connectivity index is 1.73. The molecule has 12 heavy (non-hydrogen) atoms. The van der Waals surface area contributed by atoms with Crippen LogP contribution in [-0.4, -0.2) is 13.1 Å². The quantitative estimate of drug-likeness (QED) is 0.497. The van der Waals surface area contributed by atoms with Crippen LogP contribution >= 0.6 is 0 Å². The molecule has 1 nitrogen and oxygen atoms in total. The van der Waals surface area contributed by atoms with E-state index in [-0.39, 0.29) is 0 Å². The van der Waals surface area contributed by atoms with E-state index in [1.807, 2.05) is 0 Å². The molecule has 0 amide bonds. The van der Waals surface area contributed by atoms with Crippen molar-refractivity contribution < 1.29 is 0 Å². The van der Waals surface area contributed by atoms with Crippen LogP contribution in [-0.2, 0) is 0 Å². The zero-order chi connectivity index (χ0) is 8.39. The van der Waals surface area contributed by atoms with Gasteiger partial charge in [0.05, 0.1) is 0 Å². The molecule has 3 unspecified atom stereocenters. The summed E-state index contributed by atoms with van der Waals surface area (Å²) in [6.45, 7) is 4.67. The molecule has 0 aliphatic heterocycles. The van der Waals surface area contributed by atoms with Gasteiger partial charge in [-0.25, -0.2) is 0 Å². The van der Waals surface area contributed by atoms with Crippen molar-refractivity contribution in [3.63, 3.8) is 0 Å². The molecular formula is C11H19N. The van der Waals surface area contributed by atoms with Crippen molar-refractivity contribution in [1.29, 1.82) is 0 Å². The summed E-state index contributed by atoms with van der Waals surface area (Å²) in [5.41, 5.74) is 0. The molecule has 1 N–H and O–H groups in total.